The van der Waals surface area contributed by atoms with Crippen LogP contribution in [0, 0.1) is 12.8 Å². The molecule has 1 saturated heterocycles. The average Bonchev–Trinajstić information content (AvgIpc) is 2.70. The summed E-state index contributed by atoms with van der Waals surface area (Å²) in [4.78, 5) is 10.8. The Morgan fingerprint density at radius 1 is 1.50 bits per heavy atom. The van der Waals surface area contributed by atoms with Crippen molar-refractivity contribution >= 4 is 5.97 Å². The normalized spacial score (nSPS) is 24.6. The van der Waals surface area contributed by atoms with Crippen LogP contribution in [0.5, 0.6) is 0 Å². The van der Waals surface area contributed by atoms with E-state index in [0.29, 0.717) is 5.92 Å². The number of hydrogen-bond donors (Lipinski definition) is 2. The maximum atomic E-state index is 10.8. The van der Waals surface area contributed by atoms with Gasteiger partial charge in [0.15, 0.2) is 0 Å². The van der Waals surface area contributed by atoms with E-state index in [1.807, 2.05) is 12.1 Å². The molecular formula is C13H17NO2. The minimum Gasteiger partial charge on any atom is -0.480 e. The molecule has 1 aromatic rings. The fourth-order valence-corrected chi connectivity index (χ4v) is 2.30. The Hall–Kier alpha value is -1.35. The van der Waals surface area contributed by atoms with Crippen molar-refractivity contribution in [2.75, 3.05) is 6.54 Å². The van der Waals surface area contributed by atoms with Crippen LogP contribution in [0.1, 0.15) is 17.5 Å². The van der Waals surface area contributed by atoms with Crippen molar-refractivity contribution in [1.82, 2.24) is 5.32 Å². The summed E-state index contributed by atoms with van der Waals surface area (Å²) >= 11 is 0. The number of hydrogen-bond acceptors (Lipinski definition) is 2. The van der Waals surface area contributed by atoms with E-state index in [4.69, 9.17) is 5.11 Å². The third kappa shape index (κ3) is 2.42. The summed E-state index contributed by atoms with van der Waals surface area (Å²) in [6, 6.07) is 7.95. The van der Waals surface area contributed by atoms with E-state index < -0.39 is 5.97 Å². The van der Waals surface area contributed by atoms with Gasteiger partial charge in [-0.25, -0.2) is 0 Å². The first-order chi connectivity index (χ1) is 7.66. The van der Waals surface area contributed by atoms with E-state index in [1.54, 1.807) is 0 Å². The van der Waals surface area contributed by atoms with Gasteiger partial charge in [0.25, 0.3) is 0 Å². The van der Waals surface area contributed by atoms with E-state index >= 15 is 0 Å². The molecule has 2 N–H and O–H groups in total. The molecule has 3 nitrogen and oxygen atoms in total. The smallest absolute Gasteiger partial charge is 0.320 e. The highest BCUT2D eigenvalue weighted by molar-refractivity contribution is 5.73. The molecular weight excluding hydrogens is 202 g/mol. The van der Waals surface area contributed by atoms with Gasteiger partial charge in [0.1, 0.15) is 6.04 Å². The zero-order chi connectivity index (χ0) is 11.5. The minimum atomic E-state index is -0.729. The molecule has 1 aliphatic rings. The summed E-state index contributed by atoms with van der Waals surface area (Å²) in [6.07, 6.45) is 1.72. The Labute approximate surface area is 95.5 Å². The monoisotopic (exact) mass is 219 g/mol. The molecule has 1 heterocycles. The van der Waals surface area contributed by atoms with E-state index in [2.05, 4.69) is 24.4 Å². The van der Waals surface area contributed by atoms with E-state index in [1.165, 1.54) is 11.1 Å². The van der Waals surface area contributed by atoms with Crippen LogP contribution in [0.4, 0.5) is 0 Å². The van der Waals surface area contributed by atoms with Gasteiger partial charge in [-0.3, -0.25) is 4.79 Å². The van der Waals surface area contributed by atoms with E-state index in [-0.39, 0.29) is 6.04 Å². The van der Waals surface area contributed by atoms with Crippen molar-refractivity contribution in [2.24, 2.45) is 5.92 Å². The minimum absolute atomic E-state index is 0.353. The lowest BCUT2D eigenvalue weighted by Crippen LogP contribution is -2.29. The van der Waals surface area contributed by atoms with E-state index in [9.17, 15) is 4.79 Å². The number of benzene rings is 1. The van der Waals surface area contributed by atoms with Gasteiger partial charge in [-0.05, 0) is 43.4 Å². The molecule has 0 spiro atoms. The van der Waals surface area contributed by atoms with Crippen LogP contribution in [-0.4, -0.2) is 23.7 Å². The fraction of sp³-hybridized carbons (Fsp3) is 0.462. The van der Waals surface area contributed by atoms with Gasteiger partial charge in [0.05, 0.1) is 0 Å². The highest BCUT2D eigenvalue weighted by Gasteiger charge is 2.29. The van der Waals surface area contributed by atoms with Crippen LogP contribution >= 0.6 is 0 Å². The van der Waals surface area contributed by atoms with Crippen molar-refractivity contribution in [2.45, 2.75) is 25.8 Å². The first-order valence-corrected chi connectivity index (χ1v) is 5.67. The molecule has 0 radical (unpaired) electrons. The topological polar surface area (TPSA) is 49.3 Å². The Kier molecular flexibility index (Phi) is 3.25. The molecule has 86 valence electrons. The third-order valence-corrected chi connectivity index (χ3v) is 3.29. The molecule has 2 atom stereocenters. The van der Waals surface area contributed by atoms with Crippen molar-refractivity contribution in [3.05, 3.63) is 35.4 Å². The predicted molar refractivity (Wildman–Crippen MR) is 62.4 cm³/mol. The number of carboxylic acid groups (broad SMARTS) is 1. The third-order valence-electron chi connectivity index (χ3n) is 3.29. The van der Waals surface area contributed by atoms with E-state index in [0.717, 1.165) is 19.4 Å². The molecule has 0 amide bonds. The Bertz CT molecular complexity index is 389. The lowest BCUT2D eigenvalue weighted by Gasteiger charge is -2.10. The second kappa shape index (κ2) is 4.66. The fourth-order valence-electron chi connectivity index (χ4n) is 2.30. The van der Waals surface area contributed by atoms with Gasteiger partial charge in [0, 0.05) is 0 Å². The molecule has 1 aromatic carbocycles. The number of carboxylic acids is 1. The highest BCUT2D eigenvalue weighted by Crippen LogP contribution is 2.21. The molecule has 3 heteroatoms. The molecule has 1 fully saturated rings. The van der Waals surface area contributed by atoms with Crippen molar-refractivity contribution in [3.63, 3.8) is 0 Å². The Balaban J connectivity index is 1.97. The Morgan fingerprint density at radius 2 is 2.25 bits per heavy atom. The molecule has 0 aliphatic carbocycles. The summed E-state index contributed by atoms with van der Waals surface area (Å²) in [5.41, 5.74) is 2.63. The highest BCUT2D eigenvalue weighted by atomic mass is 16.4. The molecule has 0 saturated carbocycles. The van der Waals surface area contributed by atoms with Crippen LogP contribution in [0.25, 0.3) is 0 Å². The van der Waals surface area contributed by atoms with Crippen LogP contribution in [0.3, 0.4) is 0 Å². The molecule has 1 aliphatic heterocycles. The number of nitrogens with one attached hydrogen (secondary N) is 1. The van der Waals surface area contributed by atoms with Gasteiger partial charge in [-0.2, -0.15) is 0 Å². The molecule has 1 unspecified atom stereocenters. The van der Waals surface area contributed by atoms with Crippen LogP contribution in [-0.2, 0) is 11.2 Å². The quantitative estimate of drug-likeness (QED) is 0.811. The van der Waals surface area contributed by atoms with Gasteiger partial charge in [0.2, 0.25) is 0 Å². The zero-order valence-electron chi connectivity index (χ0n) is 9.44. The predicted octanol–water partition coefficient (Wildman–Crippen LogP) is 1.60. The van der Waals surface area contributed by atoms with Gasteiger partial charge < -0.3 is 10.4 Å². The summed E-state index contributed by atoms with van der Waals surface area (Å²) in [5.74, 6) is -0.283. The second-order valence-electron chi connectivity index (χ2n) is 4.53. The molecule has 0 aromatic heterocycles. The number of rotatable bonds is 3. The first-order valence-electron chi connectivity index (χ1n) is 5.67. The van der Waals surface area contributed by atoms with Gasteiger partial charge in [-0.1, -0.05) is 24.3 Å². The molecule has 2 rings (SSSR count). The largest absolute Gasteiger partial charge is 0.480 e. The number of aliphatic carboxylic acids is 1. The van der Waals surface area contributed by atoms with Crippen LogP contribution in [0.15, 0.2) is 24.3 Å². The number of carbonyl (C=O) groups is 1. The molecule has 16 heavy (non-hydrogen) atoms. The summed E-state index contributed by atoms with van der Waals surface area (Å²) < 4.78 is 0. The van der Waals surface area contributed by atoms with Crippen molar-refractivity contribution in [3.8, 4) is 0 Å². The summed E-state index contributed by atoms with van der Waals surface area (Å²) in [7, 11) is 0. The lowest BCUT2D eigenvalue weighted by atomic mass is 9.94. The Morgan fingerprint density at radius 3 is 2.88 bits per heavy atom. The standard InChI is InChI=1S/C13H17NO2/c1-9-4-2-3-5-11(9)6-10-7-12(13(15)16)14-8-10/h2-5,10,12,14H,6-8H2,1H3,(H,15,16)/t10?,12-/m0/s1. The first kappa shape index (κ1) is 11.1. The molecule has 0 bridgehead atoms. The van der Waals surface area contributed by atoms with Crippen molar-refractivity contribution < 1.29 is 9.90 Å². The number of aryl methyl sites for hydroxylation is 1. The maximum absolute atomic E-state index is 10.8. The van der Waals surface area contributed by atoms with Gasteiger partial charge in [-0.15, -0.1) is 0 Å². The van der Waals surface area contributed by atoms with Crippen molar-refractivity contribution in [1.29, 1.82) is 0 Å². The second-order valence-corrected chi connectivity index (χ2v) is 4.53. The summed E-state index contributed by atoms with van der Waals surface area (Å²) in [5, 5.41) is 11.9. The average molecular weight is 219 g/mol. The zero-order valence-corrected chi connectivity index (χ0v) is 9.44. The van der Waals surface area contributed by atoms with Crippen LogP contribution in [0.2, 0.25) is 0 Å². The van der Waals surface area contributed by atoms with Crippen LogP contribution < -0.4 is 5.32 Å². The maximum Gasteiger partial charge on any atom is 0.320 e. The SMILES string of the molecule is Cc1ccccc1CC1CN[C@H](C(=O)O)C1. The summed E-state index contributed by atoms with van der Waals surface area (Å²) in [6.45, 7) is 2.91. The van der Waals surface area contributed by atoms with Gasteiger partial charge >= 0.3 is 5.97 Å². The lowest BCUT2D eigenvalue weighted by molar-refractivity contribution is -0.139.